The van der Waals surface area contributed by atoms with Gasteiger partial charge in [0.2, 0.25) is 11.8 Å². The molecular weight excluding hydrogens is 172 g/mol. The van der Waals surface area contributed by atoms with Crippen molar-refractivity contribution in [2.45, 2.75) is 18.6 Å². The molecule has 0 radical (unpaired) electrons. The number of β-amino-alcohol motifs (C(OH)–C–C–N with tert-alkyl or cyclic N) is 1. The van der Waals surface area contributed by atoms with Crippen LogP contribution in [0.3, 0.4) is 0 Å². The van der Waals surface area contributed by atoms with Crippen molar-refractivity contribution in [2.75, 3.05) is 6.54 Å². The maximum Gasteiger partial charge on any atom is 0.246 e. The number of amides is 2. The zero-order valence-electron chi connectivity index (χ0n) is 7.14. The first-order valence-electron chi connectivity index (χ1n) is 3.96. The van der Waals surface area contributed by atoms with Crippen LogP contribution in [0, 0.1) is 0 Å². The average Bonchev–Trinajstić information content (AvgIpc) is 2.46. The summed E-state index contributed by atoms with van der Waals surface area (Å²) in [6.07, 6.45) is 0.657. The van der Waals surface area contributed by atoms with E-state index < -0.39 is 18.1 Å². The molecule has 1 aliphatic rings. The first-order valence-corrected chi connectivity index (χ1v) is 3.96. The summed E-state index contributed by atoms with van der Waals surface area (Å²) in [5, 5.41) is 9.23. The van der Waals surface area contributed by atoms with Crippen molar-refractivity contribution < 1.29 is 14.7 Å². The lowest BCUT2D eigenvalue weighted by atomic mass is 10.2. The predicted molar refractivity (Wildman–Crippen MR) is 45.5 cm³/mol. The van der Waals surface area contributed by atoms with E-state index in [0.29, 0.717) is 0 Å². The Balaban J connectivity index is 2.77. The van der Waals surface area contributed by atoms with Crippen molar-refractivity contribution in [1.29, 1.82) is 0 Å². The standard InChI is InChI=1S/C8H12N2O3/c1-2-7(12)10-4-5(11)3-6(10)8(9)13/h2,5-6,11H,1,3-4H2,(H2,9,13). The topological polar surface area (TPSA) is 83.6 Å². The van der Waals surface area contributed by atoms with Crippen LogP contribution in [0.4, 0.5) is 0 Å². The summed E-state index contributed by atoms with van der Waals surface area (Å²) in [5.74, 6) is -0.966. The van der Waals surface area contributed by atoms with Crippen molar-refractivity contribution in [1.82, 2.24) is 4.90 Å². The Labute approximate surface area is 75.8 Å². The molecule has 0 aromatic heterocycles. The largest absolute Gasteiger partial charge is 0.391 e. The Morgan fingerprint density at radius 3 is 2.69 bits per heavy atom. The van der Waals surface area contributed by atoms with Crippen LogP contribution in [0.15, 0.2) is 12.7 Å². The van der Waals surface area contributed by atoms with Crippen molar-refractivity contribution in [2.24, 2.45) is 5.73 Å². The summed E-state index contributed by atoms with van der Waals surface area (Å²) in [6, 6.07) is -0.694. The van der Waals surface area contributed by atoms with E-state index in [1.165, 1.54) is 4.90 Å². The number of primary amides is 1. The Bertz CT molecular complexity index is 252. The molecule has 2 unspecified atom stereocenters. The van der Waals surface area contributed by atoms with Crippen LogP contribution < -0.4 is 5.73 Å². The third-order valence-corrected chi connectivity index (χ3v) is 2.07. The van der Waals surface area contributed by atoms with Crippen molar-refractivity contribution in [3.05, 3.63) is 12.7 Å². The lowest BCUT2D eigenvalue weighted by Gasteiger charge is -2.19. The van der Waals surface area contributed by atoms with E-state index in [4.69, 9.17) is 5.73 Å². The van der Waals surface area contributed by atoms with Gasteiger partial charge in [-0.2, -0.15) is 0 Å². The van der Waals surface area contributed by atoms with E-state index >= 15 is 0 Å². The van der Waals surface area contributed by atoms with Gasteiger partial charge in [-0.15, -0.1) is 0 Å². The smallest absolute Gasteiger partial charge is 0.246 e. The minimum atomic E-state index is -0.694. The molecule has 3 N–H and O–H groups in total. The average molecular weight is 184 g/mol. The molecule has 1 rings (SSSR count). The highest BCUT2D eigenvalue weighted by atomic mass is 16.3. The van der Waals surface area contributed by atoms with Gasteiger partial charge in [0.05, 0.1) is 6.10 Å². The summed E-state index contributed by atoms with van der Waals surface area (Å²) < 4.78 is 0. The molecule has 5 heteroatoms. The fourth-order valence-corrected chi connectivity index (χ4v) is 1.44. The lowest BCUT2D eigenvalue weighted by Crippen LogP contribution is -2.43. The molecular formula is C8H12N2O3. The van der Waals surface area contributed by atoms with E-state index in [1.54, 1.807) is 0 Å². The molecule has 0 aliphatic carbocycles. The maximum atomic E-state index is 11.2. The molecule has 0 bridgehead atoms. The maximum absolute atomic E-state index is 11.2. The van der Waals surface area contributed by atoms with Gasteiger partial charge in [-0.05, 0) is 6.08 Å². The predicted octanol–water partition coefficient (Wildman–Crippen LogP) is -1.38. The van der Waals surface area contributed by atoms with E-state index in [0.717, 1.165) is 6.08 Å². The van der Waals surface area contributed by atoms with Gasteiger partial charge in [0.15, 0.2) is 0 Å². The number of rotatable bonds is 2. The van der Waals surface area contributed by atoms with Crippen LogP contribution in [0.25, 0.3) is 0 Å². The third-order valence-electron chi connectivity index (χ3n) is 2.07. The van der Waals surface area contributed by atoms with Gasteiger partial charge in [0.25, 0.3) is 0 Å². The summed E-state index contributed by atoms with van der Waals surface area (Å²) in [4.78, 5) is 23.3. The van der Waals surface area contributed by atoms with E-state index in [9.17, 15) is 14.7 Å². The minimum absolute atomic E-state index is 0.151. The van der Waals surface area contributed by atoms with Gasteiger partial charge in [0.1, 0.15) is 6.04 Å². The number of aliphatic hydroxyl groups is 1. The van der Waals surface area contributed by atoms with Gasteiger partial charge >= 0.3 is 0 Å². The second-order valence-electron chi connectivity index (χ2n) is 3.00. The van der Waals surface area contributed by atoms with Crippen LogP contribution in [0.1, 0.15) is 6.42 Å². The van der Waals surface area contributed by atoms with E-state index in [1.807, 2.05) is 0 Å². The van der Waals surface area contributed by atoms with Crippen LogP contribution in [-0.4, -0.2) is 40.5 Å². The Morgan fingerprint density at radius 2 is 2.23 bits per heavy atom. The van der Waals surface area contributed by atoms with Crippen molar-refractivity contribution >= 4 is 11.8 Å². The molecule has 2 atom stereocenters. The van der Waals surface area contributed by atoms with Gasteiger partial charge in [-0.25, -0.2) is 0 Å². The van der Waals surface area contributed by atoms with Crippen molar-refractivity contribution in [3.8, 4) is 0 Å². The number of hydrogen-bond acceptors (Lipinski definition) is 3. The molecule has 1 aliphatic heterocycles. The molecule has 13 heavy (non-hydrogen) atoms. The molecule has 1 fully saturated rings. The molecule has 5 nitrogen and oxygen atoms in total. The van der Waals surface area contributed by atoms with Crippen LogP contribution in [0.2, 0.25) is 0 Å². The van der Waals surface area contributed by atoms with Gasteiger partial charge in [0, 0.05) is 13.0 Å². The molecule has 0 saturated carbocycles. The number of hydrogen-bond donors (Lipinski definition) is 2. The normalized spacial score (nSPS) is 27.3. The highest BCUT2D eigenvalue weighted by molar-refractivity contribution is 5.92. The third kappa shape index (κ3) is 1.86. The summed E-state index contributed by atoms with van der Waals surface area (Å²) in [7, 11) is 0. The van der Waals surface area contributed by atoms with Crippen LogP contribution in [-0.2, 0) is 9.59 Å². The second-order valence-corrected chi connectivity index (χ2v) is 3.00. The van der Waals surface area contributed by atoms with Gasteiger partial charge < -0.3 is 15.7 Å². The highest BCUT2D eigenvalue weighted by Gasteiger charge is 2.36. The number of likely N-dealkylation sites (tertiary alicyclic amines) is 1. The first kappa shape index (κ1) is 9.73. The molecule has 0 spiro atoms. The second kappa shape index (κ2) is 3.57. The molecule has 2 amide bonds. The lowest BCUT2D eigenvalue weighted by molar-refractivity contribution is -0.133. The zero-order chi connectivity index (χ0) is 10.0. The molecule has 1 heterocycles. The van der Waals surface area contributed by atoms with Gasteiger partial charge in [-0.1, -0.05) is 6.58 Å². The minimum Gasteiger partial charge on any atom is -0.391 e. The number of carbonyl (C=O) groups is 2. The number of aliphatic hydroxyl groups excluding tert-OH is 1. The van der Waals surface area contributed by atoms with E-state index in [2.05, 4.69) is 6.58 Å². The van der Waals surface area contributed by atoms with Crippen molar-refractivity contribution in [3.63, 3.8) is 0 Å². The van der Waals surface area contributed by atoms with Crippen LogP contribution in [0.5, 0.6) is 0 Å². The number of nitrogens with two attached hydrogens (primary N) is 1. The van der Waals surface area contributed by atoms with E-state index in [-0.39, 0.29) is 18.9 Å². The first-order chi connectivity index (χ1) is 6.06. The van der Waals surface area contributed by atoms with Crippen LogP contribution >= 0.6 is 0 Å². The Morgan fingerprint density at radius 1 is 1.62 bits per heavy atom. The molecule has 0 aromatic rings. The molecule has 72 valence electrons. The van der Waals surface area contributed by atoms with Gasteiger partial charge in [-0.3, -0.25) is 9.59 Å². The monoisotopic (exact) mass is 184 g/mol. The molecule has 1 saturated heterocycles. The summed E-state index contributed by atoms with van der Waals surface area (Å²) in [6.45, 7) is 3.45. The summed E-state index contributed by atoms with van der Waals surface area (Å²) >= 11 is 0. The number of nitrogens with zero attached hydrogens (tertiary/aromatic N) is 1. The quantitative estimate of drug-likeness (QED) is 0.519. The fourth-order valence-electron chi connectivity index (χ4n) is 1.44. The summed E-state index contributed by atoms with van der Waals surface area (Å²) in [5.41, 5.74) is 5.06. The Hall–Kier alpha value is -1.36. The number of carbonyl (C=O) groups excluding carboxylic acids is 2. The highest BCUT2D eigenvalue weighted by Crippen LogP contribution is 2.17. The molecule has 0 aromatic carbocycles. The zero-order valence-corrected chi connectivity index (χ0v) is 7.14. The Kier molecular flexibility index (Phi) is 2.67. The SMILES string of the molecule is C=CC(=O)N1CC(O)CC1C(N)=O. The fraction of sp³-hybridized carbons (Fsp3) is 0.500.